The molecule has 1 unspecified atom stereocenters. The van der Waals surface area contributed by atoms with E-state index in [-0.39, 0.29) is 11.9 Å². The third-order valence-corrected chi connectivity index (χ3v) is 4.77. The van der Waals surface area contributed by atoms with Crippen LogP contribution in [0.5, 0.6) is 5.75 Å². The van der Waals surface area contributed by atoms with Crippen molar-refractivity contribution in [2.24, 2.45) is 0 Å². The number of ether oxygens (including phenoxy) is 1. The molecule has 1 heterocycles. The first-order valence-corrected chi connectivity index (χ1v) is 10.4. The number of aliphatic hydroxyl groups is 1. The molecule has 0 fully saturated rings. The molecule has 0 amide bonds. The molecule has 0 aliphatic rings. The molecule has 0 spiro atoms. The second-order valence-electron chi connectivity index (χ2n) is 7.33. The molecule has 3 aromatic rings. The summed E-state index contributed by atoms with van der Waals surface area (Å²) in [7, 11) is 0. The first-order chi connectivity index (χ1) is 15.1. The molecule has 0 aliphatic heterocycles. The van der Waals surface area contributed by atoms with Crippen LogP contribution in [0, 0.1) is 5.82 Å². The van der Waals surface area contributed by atoms with E-state index < -0.39 is 0 Å². The van der Waals surface area contributed by atoms with Crippen LogP contribution >= 0.6 is 0 Å². The van der Waals surface area contributed by atoms with E-state index in [0.717, 1.165) is 36.0 Å². The molecule has 0 aliphatic carbocycles. The Kier molecular flexibility index (Phi) is 8.07. The Bertz CT molecular complexity index is 1010. The molecule has 1 N–H and O–H groups in total. The first kappa shape index (κ1) is 22.4. The summed E-state index contributed by atoms with van der Waals surface area (Å²) in [6.07, 6.45) is 11.4. The van der Waals surface area contributed by atoms with Crippen molar-refractivity contribution in [2.75, 3.05) is 6.61 Å². The molecule has 4 nitrogen and oxygen atoms in total. The van der Waals surface area contributed by atoms with Gasteiger partial charge in [0.05, 0.1) is 6.10 Å². The summed E-state index contributed by atoms with van der Waals surface area (Å²) in [6.45, 7) is 5.72. The van der Waals surface area contributed by atoms with Crippen molar-refractivity contribution in [3.63, 3.8) is 0 Å². The molecule has 2 aromatic carbocycles. The third kappa shape index (κ3) is 6.59. The number of aliphatic hydroxyl groups excluding tert-OH is 1. The Hall–Kier alpha value is -3.31. The van der Waals surface area contributed by atoms with E-state index in [2.05, 4.69) is 16.5 Å². The molecule has 0 bridgehead atoms. The Morgan fingerprint density at radius 1 is 1.06 bits per heavy atom. The van der Waals surface area contributed by atoms with E-state index in [0.29, 0.717) is 23.7 Å². The lowest BCUT2D eigenvalue weighted by molar-refractivity contribution is 0.182. The Morgan fingerprint density at radius 2 is 1.77 bits per heavy atom. The van der Waals surface area contributed by atoms with Gasteiger partial charge in [-0.25, -0.2) is 14.4 Å². The monoisotopic (exact) mass is 418 g/mol. The quantitative estimate of drug-likeness (QED) is 0.320. The summed E-state index contributed by atoms with van der Waals surface area (Å²) in [5.74, 6) is 0.799. The van der Waals surface area contributed by atoms with Crippen LogP contribution in [-0.2, 0) is 0 Å². The highest BCUT2D eigenvalue weighted by atomic mass is 19.1. The van der Waals surface area contributed by atoms with Crippen molar-refractivity contribution in [3.05, 3.63) is 85.2 Å². The summed E-state index contributed by atoms with van der Waals surface area (Å²) in [5, 5.41) is 9.27. The highest BCUT2D eigenvalue weighted by molar-refractivity contribution is 5.70. The Labute approximate surface area is 182 Å². The minimum absolute atomic E-state index is 0.262. The zero-order valence-corrected chi connectivity index (χ0v) is 17.7. The van der Waals surface area contributed by atoms with Gasteiger partial charge in [0.1, 0.15) is 18.2 Å². The second kappa shape index (κ2) is 11.2. The van der Waals surface area contributed by atoms with E-state index in [4.69, 9.17) is 4.74 Å². The predicted octanol–water partition coefficient (Wildman–Crippen LogP) is 6.08. The van der Waals surface area contributed by atoms with E-state index in [1.54, 1.807) is 37.5 Å². The van der Waals surface area contributed by atoms with E-state index in [1.807, 2.05) is 36.4 Å². The summed E-state index contributed by atoms with van der Waals surface area (Å²) in [6, 6.07) is 12.5. The molecule has 1 atom stereocenters. The van der Waals surface area contributed by atoms with Crippen LogP contribution in [0.4, 0.5) is 4.39 Å². The number of unbranched alkanes of at least 4 members (excludes halogenated alkanes) is 1. The fraction of sp³-hybridized carbons (Fsp3) is 0.231. The molecule has 0 radical (unpaired) electrons. The average molecular weight is 419 g/mol. The molecule has 0 saturated heterocycles. The largest absolute Gasteiger partial charge is 0.489 e. The standard InChI is InChI=1S/C26H27FN2O2/c1-3-15-31-23-13-14-24(25(27)16-23)21-11-9-20(10-12-21)22-17-28-26(29-18-22)8-6-4-5-7-19(2)30/h3,6,8-14,16-19,30H,1,4-5,7,15H2,2H3. The van der Waals surface area contributed by atoms with Crippen molar-refractivity contribution in [2.45, 2.75) is 32.3 Å². The minimum Gasteiger partial charge on any atom is -0.489 e. The number of aromatic nitrogens is 2. The lowest BCUT2D eigenvalue weighted by Crippen LogP contribution is -1.97. The molecular weight excluding hydrogens is 391 g/mol. The number of rotatable bonds is 10. The molecule has 3 rings (SSSR count). The molecule has 0 saturated carbocycles. The predicted molar refractivity (Wildman–Crippen MR) is 123 cm³/mol. The topological polar surface area (TPSA) is 55.2 Å². The van der Waals surface area contributed by atoms with Crippen molar-refractivity contribution in [3.8, 4) is 28.0 Å². The van der Waals surface area contributed by atoms with Crippen LogP contribution in [0.1, 0.15) is 32.0 Å². The zero-order chi connectivity index (χ0) is 22.1. The zero-order valence-electron chi connectivity index (χ0n) is 17.7. The minimum atomic E-state index is -0.331. The van der Waals surface area contributed by atoms with Crippen molar-refractivity contribution >= 4 is 6.08 Å². The van der Waals surface area contributed by atoms with Gasteiger partial charge in [-0.05, 0) is 55.5 Å². The molecule has 5 heteroatoms. The summed E-state index contributed by atoms with van der Waals surface area (Å²) < 4.78 is 19.8. The number of benzene rings is 2. The Balaban J connectivity index is 1.65. The number of halogens is 1. The summed E-state index contributed by atoms with van der Waals surface area (Å²) in [4.78, 5) is 8.78. The molecule has 160 valence electrons. The molecule has 1 aromatic heterocycles. The SMILES string of the molecule is C=CCOc1ccc(-c2ccc(-c3cnc(C=CCCCC(C)O)nc3)cc2)c(F)c1. The van der Waals surface area contributed by atoms with Gasteiger partial charge in [-0.2, -0.15) is 0 Å². The van der Waals surface area contributed by atoms with Gasteiger partial charge in [0, 0.05) is 29.6 Å². The fourth-order valence-corrected chi connectivity index (χ4v) is 3.11. The second-order valence-corrected chi connectivity index (χ2v) is 7.33. The maximum absolute atomic E-state index is 14.5. The van der Waals surface area contributed by atoms with Crippen LogP contribution < -0.4 is 4.74 Å². The highest BCUT2D eigenvalue weighted by Gasteiger charge is 2.08. The van der Waals surface area contributed by atoms with Gasteiger partial charge >= 0.3 is 0 Å². The van der Waals surface area contributed by atoms with Crippen molar-refractivity contribution < 1.29 is 14.2 Å². The smallest absolute Gasteiger partial charge is 0.151 e. The maximum atomic E-state index is 14.5. The van der Waals surface area contributed by atoms with Gasteiger partial charge in [-0.3, -0.25) is 0 Å². The van der Waals surface area contributed by atoms with Crippen molar-refractivity contribution in [1.82, 2.24) is 9.97 Å². The highest BCUT2D eigenvalue weighted by Crippen LogP contribution is 2.28. The van der Waals surface area contributed by atoms with Gasteiger partial charge in [0.2, 0.25) is 0 Å². The third-order valence-electron chi connectivity index (χ3n) is 4.77. The fourth-order valence-electron chi connectivity index (χ4n) is 3.11. The van der Waals surface area contributed by atoms with Crippen LogP contribution in [-0.4, -0.2) is 27.8 Å². The van der Waals surface area contributed by atoms with Crippen LogP contribution in [0.25, 0.3) is 28.3 Å². The number of hydrogen-bond acceptors (Lipinski definition) is 4. The number of allylic oxidation sites excluding steroid dienone is 1. The van der Waals surface area contributed by atoms with Gasteiger partial charge in [-0.1, -0.05) is 43.0 Å². The maximum Gasteiger partial charge on any atom is 0.151 e. The number of nitrogens with zero attached hydrogens (tertiary/aromatic N) is 2. The lowest BCUT2D eigenvalue weighted by atomic mass is 10.0. The first-order valence-electron chi connectivity index (χ1n) is 10.4. The summed E-state index contributed by atoms with van der Waals surface area (Å²) >= 11 is 0. The average Bonchev–Trinajstić information content (AvgIpc) is 2.78. The van der Waals surface area contributed by atoms with Gasteiger partial charge in [-0.15, -0.1) is 0 Å². The van der Waals surface area contributed by atoms with E-state index in [1.165, 1.54) is 6.07 Å². The van der Waals surface area contributed by atoms with E-state index >= 15 is 0 Å². The van der Waals surface area contributed by atoms with Crippen LogP contribution in [0.3, 0.4) is 0 Å². The van der Waals surface area contributed by atoms with Gasteiger partial charge in [0.25, 0.3) is 0 Å². The number of hydrogen-bond donors (Lipinski definition) is 1. The van der Waals surface area contributed by atoms with Crippen LogP contribution in [0.15, 0.2) is 73.6 Å². The van der Waals surface area contributed by atoms with Gasteiger partial charge < -0.3 is 9.84 Å². The van der Waals surface area contributed by atoms with E-state index in [9.17, 15) is 9.50 Å². The lowest BCUT2D eigenvalue weighted by Gasteiger charge is -2.08. The molecule has 31 heavy (non-hydrogen) atoms. The molecular formula is C26H27FN2O2. The van der Waals surface area contributed by atoms with Crippen molar-refractivity contribution in [1.29, 1.82) is 0 Å². The van der Waals surface area contributed by atoms with Crippen LogP contribution in [0.2, 0.25) is 0 Å². The summed E-state index contributed by atoms with van der Waals surface area (Å²) in [5.41, 5.74) is 3.16. The Morgan fingerprint density at radius 3 is 2.42 bits per heavy atom. The van der Waals surface area contributed by atoms with Gasteiger partial charge in [0.15, 0.2) is 5.82 Å². The normalized spacial score (nSPS) is 12.1.